The van der Waals surface area contributed by atoms with Crippen LogP contribution < -0.4 is 5.32 Å². The summed E-state index contributed by atoms with van der Waals surface area (Å²) in [4.78, 5) is 4.43. The van der Waals surface area contributed by atoms with Crippen molar-refractivity contribution < 1.29 is 8.94 Å². The fourth-order valence-corrected chi connectivity index (χ4v) is 4.00. The number of rotatable bonds is 4. The number of nitrogens with one attached hydrogen (secondary N) is 2. The Hall–Kier alpha value is -2.58. The maximum atomic E-state index is 15.1. The van der Waals surface area contributed by atoms with Gasteiger partial charge in [0, 0.05) is 18.6 Å². The molecular weight excluding hydrogens is 353 g/mol. The molecule has 0 aliphatic carbocycles. The standard InChI is InChI=1S/C18H18FN5OS/c1-10-16(11-4-5-15-22-14(20-2)8-24(15)7-11)12-6-21-23-18(12)13(17(10)19)9-26(3)25/h4-8,20H,9H2,1-3H3,(H,21,23). The van der Waals surface area contributed by atoms with E-state index in [2.05, 4.69) is 20.5 Å². The number of halogens is 1. The summed E-state index contributed by atoms with van der Waals surface area (Å²) in [5.41, 5.74) is 3.98. The van der Waals surface area contributed by atoms with Crippen LogP contribution in [0.2, 0.25) is 0 Å². The van der Waals surface area contributed by atoms with Crippen molar-refractivity contribution in [2.24, 2.45) is 0 Å². The van der Waals surface area contributed by atoms with Gasteiger partial charge in [-0.2, -0.15) is 5.10 Å². The molecule has 1 unspecified atom stereocenters. The molecule has 0 bridgehead atoms. The summed E-state index contributed by atoms with van der Waals surface area (Å²) < 4.78 is 28.6. The predicted octanol–water partition coefficient (Wildman–Crippen LogP) is 3.25. The lowest BCUT2D eigenvalue weighted by molar-refractivity contribution is 0.589. The van der Waals surface area contributed by atoms with Crippen molar-refractivity contribution in [2.75, 3.05) is 18.6 Å². The number of anilines is 1. The van der Waals surface area contributed by atoms with Crippen LogP contribution in [0.25, 0.3) is 27.7 Å². The van der Waals surface area contributed by atoms with Crippen molar-refractivity contribution >= 4 is 33.5 Å². The first kappa shape index (κ1) is 16.9. The number of fused-ring (bicyclic) bond motifs is 2. The third kappa shape index (κ3) is 2.62. The van der Waals surface area contributed by atoms with E-state index in [0.29, 0.717) is 16.6 Å². The van der Waals surface area contributed by atoms with Crippen LogP contribution in [0, 0.1) is 12.7 Å². The molecule has 0 radical (unpaired) electrons. The average molecular weight is 371 g/mol. The second-order valence-electron chi connectivity index (χ2n) is 6.23. The molecule has 2 N–H and O–H groups in total. The Morgan fingerprint density at radius 3 is 2.88 bits per heavy atom. The lowest BCUT2D eigenvalue weighted by Crippen LogP contribution is -2.06. The largest absolute Gasteiger partial charge is 0.616 e. The first-order valence-corrected chi connectivity index (χ1v) is 9.83. The highest BCUT2D eigenvalue weighted by Gasteiger charge is 2.22. The zero-order valence-corrected chi connectivity index (χ0v) is 15.4. The summed E-state index contributed by atoms with van der Waals surface area (Å²) in [7, 11) is 1.81. The Labute approximate surface area is 152 Å². The molecular formula is C18H18FN5OS. The molecule has 0 saturated carbocycles. The van der Waals surface area contributed by atoms with Crippen LogP contribution >= 0.6 is 0 Å². The lowest BCUT2D eigenvalue weighted by atomic mass is 9.95. The number of imidazole rings is 1. The van der Waals surface area contributed by atoms with Crippen molar-refractivity contribution in [1.82, 2.24) is 19.6 Å². The van der Waals surface area contributed by atoms with E-state index in [0.717, 1.165) is 28.0 Å². The SMILES string of the molecule is CNc1cn2cc(-c3c(C)c(F)c(C[S+](C)[O-])c4[nH]ncc34)ccc2n1. The minimum atomic E-state index is -1.15. The number of aromatic nitrogens is 4. The van der Waals surface area contributed by atoms with E-state index in [-0.39, 0.29) is 11.6 Å². The summed E-state index contributed by atoms with van der Waals surface area (Å²) in [5.74, 6) is 0.574. The van der Waals surface area contributed by atoms with Gasteiger partial charge in [0.2, 0.25) is 0 Å². The Morgan fingerprint density at radius 1 is 1.35 bits per heavy atom. The van der Waals surface area contributed by atoms with Crippen molar-refractivity contribution in [1.29, 1.82) is 0 Å². The van der Waals surface area contributed by atoms with Crippen LogP contribution in [0.1, 0.15) is 11.1 Å². The Kier molecular flexibility index (Phi) is 4.08. The molecule has 4 aromatic rings. The second-order valence-corrected chi connectivity index (χ2v) is 7.66. The van der Waals surface area contributed by atoms with Crippen molar-refractivity contribution in [3.05, 3.63) is 47.7 Å². The Morgan fingerprint density at radius 2 is 2.15 bits per heavy atom. The summed E-state index contributed by atoms with van der Waals surface area (Å²) in [6.45, 7) is 1.75. The number of hydrogen-bond donors (Lipinski definition) is 2. The van der Waals surface area contributed by atoms with Gasteiger partial charge in [-0.15, -0.1) is 0 Å². The Bertz CT molecular complexity index is 1120. The topological polar surface area (TPSA) is 81.1 Å². The molecule has 134 valence electrons. The number of hydrogen-bond acceptors (Lipinski definition) is 4. The normalized spacial score (nSPS) is 12.8. The van der Waals surface area contributed by atoms with E-state index < -0.39 is 11.2 Å². The quantitative estimate of drug-likeness (QED) is 0.540. The fraction of sp³-hybridized carbons (Fsp3) is 0.222. The van der Waals surface area contributed by atoms with Gasteiger partial charge in [-0.3, -0.25) is 5.10 Å². The van der Waals surface area contributed by atoms with Crippen molar-refractivity contribution in [2.45, 2.75) is 12.7 Å². The van der Waals surface area contributed by atoms with Gasteiger partial charge in [-0.05, 0) is 35.7 Å². The van der Waals surface area contributed by atoms with Gasteiger partial charge in [0.25, 0.3) is 0 Å². The van der Waals surface area contributed by atoms with Gasteiger partial charge in [-0.25, -0.2) is 9.37 Å². The Balaban J connectivity index is 1.97. The monoisotopic (exact) mass is 371 g/mol. The van der Waals surface area contributed by atoms with Crippen molar-refractivity contribution in [3.8, 4) is 11.1 Å². The molecule has 1 aromatic carbocycles. The van der Waals surface area contributed by atoms with Crippen LogP contribution in [0.3, 0.4) is 0 Å². The molecule has 1 atom stereocenters. The minimum absolute atomic E-state index is 0.151. The highest BCUT2D eigenvalue weighted by Crippen LogP contribution is 2.36. The van der Waals surface area contributed by atoms with Crippen LogP contribution in [0.15, 0.2) is 30.7 Å². The maximum Gasteiger partial charge on any atom is 0.145 e. The van der Waals surface area contributed by atoms with E-state index in [1.807, 2.05) is 36.0 Å². The average Bonchev–Trinajstić information content (AvgIpc) is 3.24. The molecule has 0 aliphatic heterocycles. The van der Waals surface area contributed by atoms with Crippen LogP contribution in [0.4, 0.5) is 10.2 Å². The number of pyridine rings is 1. The van der Waals surface area contributed by atoms with Crippen LogP contribution in [-0.4, -0.2) is 37.4 Å². The van der Waals surface area contributed by atoms with Gasteiger partial charge >= 0.3 is 0 Å². The highest BCUT2D eigenvalue weighted by atomic mass is 32.2. The van der Waals surface area contributed by atoms with Gasteiger partial charge in [0.15, 0.2) is 0 Å². The smallest absolute Gasteiger partial charge is 0.145 e. The number of benzene rings is 1. The molecule has 3 heterocycles. The summed E-state index contributed by atoms with van der Waals surface area (Å²) in [5, 5.41) is 10.8. The van der Waals surface area contributed by atoms with Gasteiger partial charge in [-0.1, -0.05) is 11.2 Å². The fourth-order valence-electron chi connectivity index (χ4n) is 3.32. The van der Waals surface area contributed by atoms with Crippen LogP contribution in [0.5, 0.6) is 0 Å². The zero-order chi connectivity index (χ0) is 18.4. The maximum absolute atomic E-state index is 15.1. The number of nitrogens with zero attached hydrogens (tertiary/aromatic N) is 3. The molecule has 3 aromatic heterocycles. The number of H-pyrrole nitrogens is 1. The van der Waals surface area contributed by atoms with E-state index in [1.54, 1.807) is 19.4 Å². The molecule has 0 amide bonds. The molecule has 0 fully saturated rings. The van der Waals surface area contributed by atoms with E-state index in [4.69, 9.17) is 0 Å². The first-order valence-electron chi connectivity index (χ1n) is 8.10. The van der Waals surface area contributed by atoms with Gasteiger partial charge < -0.3 is 14.3 Å². The summed E-state index contributed by atoms with van der Waals surface area (Å²) >= 11 is -1.15. The predicted molar refractivity (Wildman–Crippen MR) is 102 cm³/mol. The summed E-state index contributed by atoms with van der Waals surface area (Å²) in [6.07, 6.45) is 7.06. The lowest BCUT2D eigenvalue weighted by Gasteiger charge is -2.14. The molecule has 8 heteroatoms. The van der Waals surface area contributed by atoms with E-state index in [1.165, 1.54) is 0 Å². The van der Waals surface area contributed by atoms with Gasteiger partial charge in [0.05, 0.1) is 29.7 Å². The number of aromatic amines is 1. The molecule has 26 heavy (non-hydrogen) atoms. The molecule has 0 aliphatic rings. The first-order chi connectivity index (χ1) is 12.5. The molecule has 0 saturated heterocycles. The molecule has 4 rings (SSSR count). The van der Waals surface area contributed by atoms with E-state index in [9.17, 15) is 4.55 Å². The third-order valence-corrected chi connectivity index (χ3v) is 5.22. The highest BCUT2D eigenvalue weighted by molar-refractivity contribution is 7.89. The van der Waals surface area contributed by atoms with Crippen molar-refractivity contribution in [3.63, 3.8) is 0 Å². The summed E-state index contributed by atoms with van der Waals surface area (Å²) in [6, 6.07) is 3.82. The van der Waals surface area contributed by atoms with Crippen LogP contribution in [-0.2, 0) is 16.9 Å². The van der Waals surface area contributed by atoms with Gasteiger partial charge in [0.1, 0.15) is 23.0 Å². The minimum Gasteiger partial charge on any atom is -0.616 e. The molecule has 6 nitrogen and oxygen atoms in total. The molecule has 0 spiro atoms. The van der Waals surface area contributed by atoms with E-state index >= 15 is 4.39 Å². The third-order valence-electron chi connectivity index (χ3n) is 4.52. The second kappa shape index (κ2) is 6.30. The zero-order valence-electron chi connectivity index (χ0n) is 14.6.